The van der Waals surface area contributed by atoms with E-state index < -0.39 is 0 Å². The van der Waals surface area contributed by atoms with Crippen molar-refractivity contribution in [3.8, 4) is 9.88 Å². The fourth-order valence-electron chi connectivity index (χ4n) is 2.90. The van der Waals surface area contributed by atoms with E-state index in [0.29, 0.717) is 12.5 Å². The van der Waals surface area contributed by atoms with E-state index in [1.807, 2.05) is 11.4 Å². The molecule has 6 nitrogen and oxygen atoms in total. The first-order chi connectivity index (χ1) is 10.3. The summed E-state index contributed by atoms with van der Waals surface area (Å²) in [6.45, 7) is 2.48. The van der Waals surface area contributed by atoms with Crippen molar-refractivity contribution in [1.29, 1.82) is 0 Å². The van der Waals surface area contributed by atoms with Gasteiger partial charge in [0.05, 0.1) is 10.6 Å². The highest BCUT2D eigenvalue weighted by molar-refractivity contribution is 7.24. The molecule has 0 saturated heterocycles. The molecule has 0 unspecified atom stereocenters. The molecule has 0 amide bonds. The summed E-state index contributed by atoms with van der Waals surface area (Å²) >= 11 is 3.20. The van der Waals surface area contributed by atoms with Crippen molar-refractivity contribution in [2.45, 2.75) is 45.1 Å². The van der Waals surface area contributed by atoms with E-state index >= 15 is 0 Å². The van der Waals surface area contributed by atoms with Crippen LogP contribution in [0.15, 0.2) is 0 Å². The van der Waals surface area contributed by atoms with Crippen molar-refractivity contribution in [3.63, 3.8) is 0 Å². The predicted molar refractivity (Wildman–Crippen MR) is 83.6 cm³/mol. The molecule has 1 aliphatic carbocycles. The summed E-state index contributed by atoms with van der Waals surface area (Å²) in [4.78, 5) is 6.44. The van der Waals surface area contributed by atoms with Crippen molar-refractivity contribution in [2.75, 3.05) is 0 Å². The highest BCUT2D eigenvalue weighted by Crippen LogP contribution is 2.36. The van der Waals surface area contributed by atoms with Crippen molar-refractivity contribution >= 4 is 27.6 Å². The van der Waals surface area contributed by atoms with Crippen LogP contribution in [0.5, 0.6) is 0 Å². The number of rotatable bonds is 3. The Morgan fingerprint density at radius 3 is 2.76 bits per heavy atom. The molecular formula is C13H16N6S2. The van der Waals surface area contributed by atoms with Gasteiger partial charge in [-0.25, -0.2) is 4.98 Å². The molecule has 3 aromatic rings. The van der Waals surface area contributed by atoms with Crippen LogP contribution in [0.25, 0.3) is 14.8 Å². The number of hydrogen-bond donors (Lipinski definition) is 1. The van der Waals surface area contributed by atoms with Crippen LogP contribution in [0.1, 0.15) is 48.1 Å². The highest BCUT2D eigenvalue weighted by Gasteiger charge is 2.25. The lowest BCUT2D eigenvalue weighted by molar-refractivity contribution is 0.641. The summed E-state index contributed by atoms with van der Waals surface area (Å²) in [5.41, 5.74) is 6.67. The van der Waals surface area contributed by atoms with Gasteiger partial charge in [-0.15, -0.1) is 21.5 Å². The molecule has 1 fully saturated rings. The molecule has 2 N–H and O–H groups in total. The Hall–Kier alpha value is -1.38. The summed E-state index contributed by atoms with van der Waals surface area (Å²) in [6, 6.07) is 0. The quantitative estimate of drug-likeness (QED) is 0.802. The minimum atomic E-state index is 0.475. The molecule has 0 atom stereocenters. The number of hydrogen-bond acceptors (Lipinski definition) is 7. The summed E-state index contributed by atoms with van der Waals surface area (Å²) in [5, 5.41) is 15.3. The first-order valence-electron chi connectivity index (χ1n) is 7.15. The van der Waals surface area contributed by atoms with E-state index in [4.69, 9.17) is 10.8 Å². The molecule has 1 aliphatic rings. The molecule has 0 radical (unpaired) electrons. The first kappa shape index (κ1) is 13.3. The molecule has 21 heavy (non-hydrogen) atoms. The van der Waals surface area contributed by atoms with E-state index in [1.54, 1.807) is 22.7 Å². The normalized spacial score (nSPS) is 16.3. The lowest BCUT2D eigenvalue weighted by Gasteiger charge is -2.03. The second-order valence-corrected chi connectivity index (χ2v) is 7.41. The molecule has 0 bridgehead atoms. The molecule has 8 heteroatoms. The van der Waals surface area contributed by atoms with E-state index in [2.05, 4.69) is 15.2 Å². The second kappa shape index (κ2) is 5.11. The van der Waals surface area contributed by atoms with Gasteiger partial charge >= 0.3 is 0 Å². The van der Waals surface area contributed by atoms with Gasteiger partial charge in [0, 0.05) is 12.5 Å². The minimum absolute atomic E-state index is 0.475. The van der Waals surface area contributed by atoms with Gasteiger partial charge in [-0.1, -0.05) is 24.2 Å². The largest absolute Gasteiger partial charge is 0.325 e. The summed E-state index contributed by atoms with van der Waals surface area (Å²) in [5.74, 6) is 1.53. The smallest absolute Gasteiger partial charge is 0.235 e. The Morgan fingerprint density at radius 1 is 1.24 bits per heavy atom. The van der Waals surface area contributed by atoms with Gasteiger partial charge in [0.25, 0.3) is 0 Å². The van der Waals surface area contributed by atoms with Gasteiger partial charge in [-0.2, -0.15) is 9.61 Å². The van der Waals surface area contributed by atoms with E-state index in [0.717, 1.165) is 31.4 Å². The number of aromatic nitrogens is 5. The zero-order valence-corrected chi connectivity index (χ0v) is 13.4. The molecule has 4 rings (SSSR count). The number of thiazole rings is 1. The SMILES string of the molecule is Cc1nc(CN)sc1-c1nn2c(C3CCCC3)nnc2s1. The van der Waals surface area contributed by atoms with Crippen LogP contribution < -0.4 is 5.73 Å². The van der Waals surface area contributed by atoms with Crippen LogP contribution in [0.3, 0.4) is 0 Å². The van der Waals surface area contributed by atoms with E-state index in [-0.39, 0.29) is 0 Å². The number of aryl methyl sites for hydroxylation is 1. The van der Waals surface area contributed by atoms with Crippen LogP contribution in [0.4, 0.5) is 0 Å². The number of nitrogens with two attached hydrogens (primary N) is 1. The average Bonchev–Trinajstić information content (AvgIpc) is 3.20. The third-order valence-corrected chi connectivity index (χ3v) is 6.18. The fourth-order valence-corrected chi connectivity index (χ4v) is 4.81. The van der Waals surface area contributed by atoms with Crippen LogP contribution in [0.2, 0.25) is 0 Å². The van der Waals surface area contributed by atoms with Crippen molar-refractivity contribution in [2.24, 2.45) is 5.73 Å². The van der Waals surface area contributed by atoms with Gasteiger partial charge < -0.3 is 5.73 Å². The Balaban J connectivity index is 1.78. The van der Waals surface area contributed by atoms with Gasteiger partial charge in [0.1, 0.15) is 5.01 Å². The van der Waals surface area contributed by atoms with Crippen LogP contribution >= 0.6 is 22.7 Å². The lowest BCUT2D eigenvalue weighted by Crippen LogP contribution is -2.01. The topological polar surface area (TPSA) is 82.0 Å². The predicted octanol–water partition coefficient (Wildman–Crippen LogP) is 2.73. The fraction of sp³-hybridized carbons (Fsp3) is 0.538. The van der Waals surface area contributed by atoms with Gasteiger partial charge in [0.2, 0.25) is 4.96 Å². The molecule has 3 heterocycles. The molecule has 0 spiro atoms. The highest BCUT2D eigenvalue weighted by atomic mass is 32.1. The van der Waals surface area contributed by atoms with E-state index in [9.17, 15) is 0 Å². The lowest BCUT2D eigenvalue weighted by atomic mass is 10.1. The van der Waals surface area contributed by atoms with Gasteiger partial charge in [0.15, 0.2) is 10.8 Å². The summed E-state index contributed by atoms with van der Waals surface area (Å²) in [7, 11) is 0. The average molecular weight is 320 g/mol. The van der Waals surface area contributed by atoms with Crippen molar-refractivity contribution in [3.05, 3.63) is 16.5 Å². The van der Waals surface area contributed by atoms with Crippen molar-refractivity contribution in [1.82, 2.24) is 24.8 Å². The van der Waals surface area contributed by atoms with Gasteiger partial charge in [-0.3, -0.25) is 0 Å². The monoisotopic (exact) mass is 320 g/mol. The van der Waals surface area contributed by atoms with Crippen LogP contribution in [-0.4, -0.2) is 24.8 Å². The molecule has 1 saturated carbocycles. The Kier molecular flexibility index (Phi) is 3.24. The Morgan fingerprint density at radius 2 is 2.05 bits per heavy atom. The third kappa shape index (κ3) is 2.18. The first-order valence-corrected chi connectivity index (χ1v) is 8.78. The summed E-state index contributed by atoms with van der Waals surface area (Å²) in [6.07, 6.45) is 4.96. The maximum atomic E-state index is 5.68. The van der Waals surface area contributed by atoms with Gasteiger partial charge in [-0.05, 0) is 19.8 Å². The molecule has 0 aromatic carbocycles. The molecule has 3 aromatic heterocycles. The van der Waals surface area contributed by atoms with Crippen LogP contribution in [-0.2, 0) is 6.54 Å². The second-order valence-electron chi connectivity index (χ2n) is 5.37. The van der Waals surface area contributed by atoms with E-state index in [1.165, 1.54) is 25.7 Å². The standard InChI is InChI=1S/C13H16N6S2/c1-7-10(20-9(6-14)15-7)12-18-19-11(8-4-2-3-5-8)16-17-13(19)21-12/h8H,2-6,14H2,1H3. The Labute approximate surface area is 130 Å². The van der Waals surface area contributed by atoms with Crippen LogP contribution in [0, 0.1) is 6.92 Å². The molecule has 110 valence electrons. The Bertz CT molecular complexity index is 780. The minimum Gasteiger partial charge on any atom is -0.325 e. The molecule has 0 aliphatic heterocycles. The maximum Gasteiger partial charge on any atom is 0.235 e. The third-order valence-electron chi connectivity index (χ3n) is 3.95. The zero-order chi connectivity index (χ0) is 14.4. The number of nitrogens with zero attached hydrogens (tertiary/aromatic N) is 5. The number of fused-ring (bicyclic) bond motifs is 1. The maximum absolute atomic E-state index is 5.68. The summed E-state index contributed by atoms with van der Waals surface area (Å²) < 4.78 is 1.93. The van der Waals surface area contributed by atoms with Crippen molar-refractivity contribution < 1.29 is 0 Å². The zero-order valence-electron chi connectivity index (χ0n) is 11.7. The molecular weight excluding hydrogens is 304 g/mol.